The number of hydrogen-bond acceptors (Lipinski definition) is 5. The summed E-state index contributed by atoms with van der Waals surface area (Å²) in [6.07, 6.45) is 0. The van der Waals surface area contributed by atoms with Gasteiger partial charge in [0.1, 0.15) is 0 Å². The summed E-state index contributed by atoms with van der Waals surface area (Å²) in [5.74, 6) is 0. The van der Waals surface area contributed by atoms with Crippen LogP contribution in [0.2, 0.25) is 0 Å². The van der Waals surface area contributed by atoms with Crippen molar-refractivity contribution in [3.8, 4) is 0 Å². The van der Waals surface area contributed by atoms with E-state index >= 15 is 0 Å². The molecule has 0 aromatic carbocycles. The lowest BCUT2D eigenvalue weighted by Gasteiger charge is -2.09. The van der Waals surface area contributed by atoms with E-state index in [2.05, 4.69) is 19.2 Å². The Labute approximate surface area is 111 Å². The van der Waals surface area contributed by atoms with Crippen molar-refractivity contribution in [3.05, 3.63) is 0 Å². The lowest BCUT2D eigenvalue weighted by molar-refractivity contribution is -0.000195. The monoisotopic (exact) mass is 263 g/mol. The SMILES string of the molecule is CCOCCOCCOCCOCCNC(C)C. The van der Waals surface area contributed by atoms with Crippen molar-refractivity contribution >= 4 is 0 Å². The van der Waals surface area contributed by atoms with Gasteiger partial charge >= 0.3 is 0 Å². The standard InChI is InChI=1S/C13H29NO4/c1-4-15-7-8-17-11-12-18-10-9-16-6-5-14-13(2)3/h13-14H,4-12H2,1-3H3. The van der Waals surface area contributed by atoms with Crippen molar-refractivity contribution in [2.24, 2.45) is 0 Å². The Morgan fingerprint density at radius 1 is 0.722 bits per heavy atom. The molecule has 0 radical (unpaired) electrons. The lowest BCUT2D eigenvalue weighted by atomic mass is 10.4. The van der Waals surface area contributed by atoms with E-state index in [1.54, 1.807) is 0 Å². The Morgan fingerprint density at radius 2 is 1.17 bits per heavy atom. The number of rotatable bonds is 14. The van der Waals surface area contributed by atoms with Crippen molar-refractivity contribution in [1.29, 1.82) is 0 Å². The van der Waals surface area contributed by atoms with Crippen LogP contribution in [0.15, 0.2) is 0 Å². The lowest BCUT2D eigenvalue weighted by Crippen LogP contribution is -2.27. The van der Waals surface area contributed by atoms with Gasteiger partial charge < -0.3 is 24.3 Å². The van der Waals surface area contributed by atoms with Gasteiger partial charge in [0.2, 0.25) is 0 Å². The fourth-order valence-electron chi connectivity index (χ4n) is 1.22. The molecule has 0 saturated carbocycles. The molecule has 18 heavy (non-hydrogen) atoms. The zero-order valence-electron chi connectivity index (χ0n) is 12.1. The van der Waals surface area contributed by atoms with Crippen LogP contribution in [0.4, 0.5) is 0 Å². The van der Waals surface area contributed by atoms with Crippen LogP contribution in [0.1, 0.15) is 20.8 Å². The van der Waals surface area contributed by atoms with E-state index < -0.39 is 0 Å². The van der Waals surface area contributed by atoms with Crippen LogP contribution in [0.3, 0.4) is 0 Å². The van der Waals surface area contributed by atoms with E-state index in [1.165, 1.54) is 0 Å². The minimum absolute atomic E-state index is 0.513. The third-order valence-electron chi connectivity index (χ3n) is 2.12. The summed E-state index contributed by atoms with van der Waals surface area (Å²) >= 11 is 0. The Bertz CT molecular complexity index is 156. The third kappa shape index (κ3) is 15.8. The van der Waals surface area contributed by atoms with E-state index in [0.717, 1.165) is 19.8 Å². The zero-order chi connectivity index (χ0) is 13.5. The molecule has 0 aliphatic carbocycles. The first kappa shape index (κ1) is 17.8. The normalized spacial score (nSPS) is 11.3. The molecule has 110 valence electrons. The molecule has 0 rings (SSSR count). The van der Waals surface area contributed by atoms with Crippen molar-refractivity contribution in [2.75, 3.05) is 59.4 Å². The highest BCUT2D eigenvalue weighted by molar-refractivity contribution is 4.50. The second-order valence-electron chi connectivity index (χ2n) is 4.14. The Kier molecular flexibility index (Phi) is 14.7. The predicted molar refractivity (Wildman–Crippen MR) is 72.1 cm³/mol. The molecular formula is C13H29NO4. The summed E-state index contributed by atoms with van der Waals surface area (Å²) in [5, 5.41) is 3.28. The molecule has 0 aromatic rings. The Balaban J connectivity index is 2.90. The molecule has 0 aliphatic rings. The Hall–Kier alpha value is -0.200. The molecule has 0 unspecified atom stereocenters. The fourth-order valence-corrected chi connectivity index (χ4v) is 1.22. The number of hydrogen-bond donors (Lipinski definition) is 1. The first-order chi connectivity index (χ1) is 8.77. The van der Waals surface area contributed by atoms with Gasteiger partial charge in [-0.15, -0.1) is 0 Å². The van der Waals surface area contributed by atoms with Gasteiger partial charge in [0.25, 0.3) is 0 Å². The summed E-state index contributed by atoms with van der Waals surface area (Å²) in [6.45, 7) is 12.3. The Morgan fingerprint density at radius 3 is 1.61 bits per heavy atom. The van der Waals surface area contributed by atoms with Crippen molar-refractivity contribution in [1.82, 2.24) is 5.32 Å². The maximum Gasteiger partial charge on any atom is 0.0701 e. The molecule has 0 saturated heterocycles. The van der Waals surface area contributed by atoms with Crippen molar-refractivity contribution in [2.45, 2.75) is 26.8 Å². The third-order valence-corrected chi connectivity index (χ3v) is 2.12. The van der Waals surface area contributed by atoms with Gasteiger partial charge in [0.15, 0.2) is 0 Å². The first-order valence-electron chi connectivity index (χ1n) is 6.81. The van der Waals surface area contributed by atoms with Crippen molar-refractivity contribution < 1.29 is 18.9 Å². The molecule has 5 nitrogen and oxygen atoms in total. The van der Waals surface area contributed by atoms with Crippen LogP contribution in [-0.4, -0.2) is 65.4 Å². The van der Waals surface area contributed by atoms with Crippen LogP contribution in [0.5, 0.6) is 0 Å². The van der Waals surface area contributed by atoms with Crippen LogP contribution in [0.25, 0.3) is 0 Å². The van der Waals surface area contributed by atoms with E-state index in [9.17, 15) is 0 Å². The number of ether oxygens (including phenoxy) is 4. The smallest absolute Gasteiger partial charge is 0.0701 e. The van der Waals surface area contributed by atoms with Gasteiger partial charge in [0.05, 0.1) is 46.2 Å². The average Bonchev–Trinajstić information content (AvgIpc) is 2.34. The molecule has 0 aliphatic heterocycles. The second kappa shape index (κ2) is 14.9. The highest BCUT2D eigenvalue weighted by Crippen LogP contribution is 1.83. The quantitative estimate of drug-likeness (QED) is 0.475. The van der Waals surface area contributed by atoms with E-state index in [1.807, 2.05) is 6.92 Å². The highest BCUT2D eigenvalue weighted by Gasteiger charge is 1.93. The second-order valence-corrected chi connectivity index (χ2v) is 4.14. The molecule has 0 aromatic heterocycles. The van der Waals surface area contributed by atoms with Crippen LogP contribution in [-0.2, 0) is 18.9 Å². The summed E-state index contributed by atoms with van der Waals surface area (Å²) in [7, 11) is 0. The van der Waals surface area contributed by atoms with E-state index in [0.29, 0.717) is 45.7 Å². The van der Waals surface area contributed by atoms with Gasteiger partial charge in [-0.25, -0.2) is 0 Å². The maximum atomic E-state index is 5.40. The first-order valence-corrected chi connectivity index (χ1v) is 6.81. The molecule has 0 amide bonds. The van der Waals surface area contributed by atoms with E-state index in [4.69, 9.17) is 18.9 Å². The molecule has 0 spiro atoms. The average molecular weight is 263 g/mol. The summed E-state index contributed by atoms with van der Waals surface area (Å²) < 4.78 is 21.2. The van der Waals surface area contributed by atoms with E-state index in [-0.39, 0.29) is 0 Å². The van der Waals surface area contributed by atoms with Gasteiger partial charge in [-0.05, 0) is 6.92 Å². The minimum atomic E-state index is 0.513. The topological polar surface area (TPSA) is 49.0 Å². The predicted octanol–water partition coefficient (Wildman–Crippen LogP) is 1.07. The van der Waals surface area contributed by atoms with Gasteiger partial charge in [-0.2, -0.15) is 0 Å². The summed E-state index contributed by atoms with van der Waals surface area (Å²) in [5.41, 5.74) is 0. The van der Waals surface area contributed by atoms with Crippen LogP contribution >= 0.6 is 0 Å². The molecule has 0 heterocycles. The van der Waals surface area contributed by atoms with Gasteiger partial charge in [-0.3, -0.25) is 0 Å². The van der Waals surface area contributed by atoms with Crippen LogP contribution in [0, 0.1) is 0 Å². The van der Waals surface area contributed by atoms with Crippen LogP contribution < -0.4 is 5.32 Å². The van der Waals surface area contributed by atoms with Gasteiger partial charge in [-0.1, -0.05) is 13.8 Å². The molecular weight excluding hydrogens is 234 g/mol. The summed E-state index contributed by atoms with van der Waals surface area (Å²) in [4.78, 5) is 0. The molecule has 5 heteroatoms. The molecule has 0 bridgehead atoms. The molecule has 1 N–H and O–H groups in total. The largest absolute Gasteiger partial charge is 0.379 e. The zero-order valence-corrected chi connectivity index (χ0v) is 12.1. The fraction of sp³-hybridized carbons (Fsp3) is 1.00. The highest BCUT2D eigenvalue weighted by atomic mass is 16.6. The van der Waals surface area contributed by atoms with Crippen molar-refractivity contribution in [3.63, 3.8) is 0 Å². The van der Waals surface area contributed by atoms with Gasteiger partial charge in [0, 0.05) is 19.2 Å². The number of nitrogens with one attached hydrogen (secondary N) is 1. The summed E-state index contributed by atoms with van der Waals surface area (Å²) in [6, 6.07) is 0.513. The molecule has 0 fully saturated rings. The minimum Gasteiger partial charge on any atom is -0.379 e. The molecule has 0 atom stereocenters. The maximum absolute atomic E-state index is 5.40.